The van der Waals surface area contributed by atoms with Crippen LogP contribution in [0.5, 0.6) is 5.75 Å². The SMILES string of the molecule is C=CCNC(=O)N1CC(Oc2ccccc2)C1. The number of hydrogen-bond acceptors (Lipinski definition) is 2. The van der Waals surface area contributed by atoms with E-state index in [1.807, 2.05) is 30.3 Å². The molecule has 2 rings (SSSR count). The Balaban J connectivity index is 1.72. The molecule has 1 aromatic rings. The molecule has 1 aromatic carbocycles. The van der Waals surface area contributed by atoms with Crippen LogP contribution in [0.2, 0.25) is 0 Å². The molecule has 1 N–H and O–H groups in total. The molecule has 1 aliphatic rings. The molecule has 0 spiro atoms. The van der Waals surface area contributed by atoms with Crippen LogP contribution in [0.1, 0.15) is 0 Å². The molecular formula is C13H16N2O2. The lowest BCUT2D eigenvalue weighted by molar-refractivity contribution is 0.0448. The summed E-state index contributed by atoms with van der Waals surface area (Å²) in [5.74, 6) is 0.851. The van der Waals surface area contributed by atoms with Gasteiger partial charge in [0.2, 0.25) is 0 Å². The lowest BCUT2D eigenvalue weighted by Gasteiger charge is -2.38. The summed E-state index contributed by atoms with van der Waals surface area (Å²) in [4.78, 5) is 13.2. The Kier molecular flexibility index (Phi) is 3.65. The molecule has 4 heteroatoms. The molecule has 0 radical (unpaired) electrons. The molecule has 0 aromatic heterocycles. The number of para-hydroxylation sites is 1. The van der Waals surface area contributed by atoms with E-state index in [0.717, 1.165) is 5.75 Å². The molecule has 0 atom stereocenters. The number of amides is 2. The van der Waals surface area contributed by atoms with Gasteiger partial charge < -0.3 is 15.0 Å². The van der Waals surface area contributed by atoms with Crippen LogP contribution >= 0.6 is 0 Å². The van der Waals surface area contributed by atoms with Gasteiger partial charge in [-0.25, -0.2) is 4.79 Å². The van der Waals surface area contributed by atoms with Crippen molar-refractivity contribution in [2.24, 2.45) is 0 Å². The van der Waals surface area contributed by atoms with E-state index in [4.69, 9.17) is 4.74 Å². The number of carbonyl (C=O) groups excluding carboxylic acids is 1. The Bertz CT molecular complexity index is 386. The van der Waals surface area contributed by atoms with Crippen molar-refractivity contribution < 1.29 is 9.53 Å². The van der Waals surface area contributed by atoms with Gasteiger partial charge in [0.05, 0.1) is 13.1 Å². The average molecular weight is 232 g/mol. The van der Waals surface area contributed by atoms with Gasteiger partial charge in [0.1, 0.15) is 11.9 Å². The van der Waals surface area contributed by atoms with Crippen molar-refractivity contribution in [2.75, 3.05) is 19.6 Å². The fourth-order valence-corrected chi connectivity index (χ4v) is 1.64. The summed E-state index contributed by atoms with van der Waals surface area (Å²) in [6, 6.07) is 9.59. The maximum absolute atomic E-state index is 11.5. The number of urea groups is 1. The summed E-state index contributed by atoms with van der Waals surface area (Å²) in [6.45, 7) is 5.32. The largest absolute Gasteiger partial charge is 0.487 e. The minimum atomic E-state index is -0.0576. The van der Waals surface area contributed by atoms with Crippen LogP contribution in [-0.2, 0) is 0 Å². The zero-order valence-electron chi connectivity index (χ0n) is 9.63. The second-order valence-corrected chi connectivity index (χ2v) is 3.93. The average Bonchev–Trinajstić information content (AvgIpc) is 2.31. The second-order valence-electron chi connectivity index (χ2n) is 3.93. The molecule has 0 aliphatic carbocycles. The molecule has 4 nitrogen and oxygen atoms in total. The Morgan fingerprint density at radius 3 is 2.82 bits per heavy atom. The van der Waals surface area contributed by atoms with Gasteiger partial charge in [-0.3, -0.25) is 0 Å². The summed E-state index contributed by atoms with van der Waals surface area (Å²) >= 11 is 0. The minimum absolute atomic E-state index is 0.0576. The molecule has 2 amide bonds. The van der Waals surface area contributed by atoms with Crippen LogP contribution < -0.4 is 10.1 Å². The number of ether oxygens (including phenoxy) is 1. The molecule has 1 aliphatic heterocycles. The first kappa shape index (κ1) is 11.5. The first-order chi connectivity index (χ1) is 8.29. The van der Waals surface area contributed by atoms with E-state index in [9.17, 15) is 4.79 Å². The van der Waals surface area contributed by atoms with E-state index in [1.165, 1.54) is 0 Å². The van der Waals surface area contributed by atoms with Crippen LogP contribution in [-0.4, -0.2) is 36.7 Å². The van der Waals surface area contributed by atoms with Crippen LogP contribution in [0.3, 0.4) is 0 Å². The van der Waals surface area contributed by atoms with Gasteiger partial charge in [-0.2, -0.15) is 0 Å². The fourth-order valence-electron chi connectivity index (χ4n) is 1.64. The van der Waals surface area contributed by atoms with Gasteiger partial charge in [-0.15, -0.1) is 6.58 Å². The Hall–Kier alpha value is -1.97. The zero-order chi connectivity index (χ0) is 12.1. The predicted molar refractivity (Wildman–Crippen MR) is 66.0 cm³/mol. The highest BCUT2D eigenvalue weighted by Gasteiger charge is 2.31. The third-order valence-corrected chi connectivity index (χ3v) is 2.58. The van der Waals surface area contributed by atoms with Crippen LogP contribution in [0, 0.1) is 0 Å². The number of likely N-dealkylation sites (tertiary alicyclic amines) is 1. The second kappa shape index (κ2) is 5.39. The number of rotatable bonds is 4. The molecule has 17 heavy (non-hydrogen) atoms. The number of carbonyl (C=O) groups is 1. The molecule has 1 saturated heterocycles. The monoisotopic (exact) mass is 232 g/mol. The molecule has 0 unspecified atom stereocenters. The summed E-state index contributed by atoms with van der Waals surface area (Å²) in [5, 5.41) is 2.73. The predicted octanol–water partition coefficient (Wildman–Crippen LogP) is 1.65. The topological polar surface area (TPSA) is 41.6 Å². The van der Waals surface area contributed by atoms with Gasteiger partial charge in [0.15, 0.2) is 0 Å². The number of nitrogens with one attached hydrogen (secondary N) is 1. The smallest absolute Gasteiger partial charge is 0.317 e. The van der Waals surface area contributed by atoms with E-state index < -0.39 is 0 Å². The van der Waals surface area contributed by atoms with E-state index in [0.29, 0.717) is 19.6 Å². The summed E-state index contributed by atoms with van der Waals surface area (Å²) < 4.78 is 5.69. The lowest BCUT2D eigenvalue weighted by atomic mass is 10.2. The Labute approximate surface area is 101 Å². The van der Waals surface area contributed by atoms with Gasteiger partial charge >= 0.3 is 6.03 Å². The van der Waals surface area contributed by atoms with Gasteiger partial charge in [0.25, 0.3) is 0 Å². The van der Waals surface area contributed by atoms with Gasteiger partial charge in [-0.05, 0) is 12.1 Å². The molecular weight excluding hydrogens is 216 g/mol. The molecule has 0 bridgehead atoms. The van der Waals surface area contributed by atoms with E-state index >= 15 is 0 Å². The van der Waals surface area contributed by atoms with Crippen molar-refractivity contribution in [3.05, 3.63) is 43.0 Å². The molecule has 1 heterocycles. The zero-order valence-corrected chi connectivity index (χ0v) is 9.63. The van der Waals surface area contributed by atoms with Crippen molar-refractivity contribution >= 4 is 6.03 Å². The van der Waals surface area contributed by atoms with Crippen molar-refractivity contribution in [3.8, 4) is 5.75 Å². The quantitative estimate of drug-likeness (QED) is 0.802. The van der Waals surface area contributed by atoms with Crippen LogP contribution in [0.15, 0.2) is 43.0 Å². The fraction of sp³-hybridized carbons (Fsp3) is 0.308. The van der Waals surface area contributed by atoms with Crippen LogP contribution in [0.4, 0.5) is 4.79 Å². The number of benzene rings is 1. The van der Waals surface area contributed by atoms with E-state index in [-0.39, 0.29) is 12.1 Å². The minimum Gasteiger partial charge on any atom is -0.487 e. The Morgan fingerprint density at radius 1 is 1.47 bits per heavy atom. The van der Waals surface area contributed by atoms with Crippen molar-refractivity contribution in [2.45, 2.75) is 6.10 Å². The standard InChI is InChI=1S/C13H16N2O2/c1-2-8-14-13(16)15-9-12(10-15)17-11-6-4-3-5-7-11/h2-7,12H,1,8-10H2,(H,14,16). The van der Waals surface area contributed by atoms with E-state index in [2.05, 4.69) is 11.9 Å². The highest BCUT2D eigenvalue weighted by molar-refractivity contribution is 5.75. The van der Waals surface area contributed by atoms with Gasteiger partial charge in [0, 0.05) is 6.54 Å². The highest BCUT2D eigenvalue weighted by atomic mass is 16.5. The molecule has 90 valence electrons. The third kappa shape index (κ3) is 3.00. The summed E-state index contributed by atoms with van der Waals surface area (Å²) in [7, 11) is 0. The first-order valence-corrected chi connectivity index (χ1v) is 5.65. The van der Waals surface area contributed by atoms with Crippen molar-refractivity contribution in [3.63, 3.8) is 0 Å². The third-order valence-electron chi connectivity index (χ3n) is 2.58. The van der Waals surface area contributed by atoms with Crippen molar-refractivity contribution in [1.82, 2.24) is 10.2 Å². The Morgan fingerprint density at radius 2 is 2.18 bits per heavy atom. The molecule has 1 fully saturated rings. The molecule has 0 saturated carbocycles. The highest BCUT2D eigenvalue weighted by Crippen LogP contribution is 2.17. The lowest BCUT2D eigenvalue weighted by Crippen LogP contribution is -2.58. The maximum atomic E-state index is 11.5. The van der Waals surface area contributed by atoms with E-state index in [1.54, 1.807) is 11.0 Å². The van der Waals surface area contributed by atoms with Gasteiger partial charge in [-0.1, -0.05) is 24.3 Å². The first-order valence-electron chi connectivity index (χ1n) is 5.65. The maximum Gasteiger partial charge on any atom is 0.317 e. The summed E-state index contributed by atoms with van der Waals surface area (Å²) in [6.07, 6.45) is 1.77. The number of nitrogens with zero attached hydrogens (tertiary/aromatic N) is 1. The van der Waals surface area contributed by atoms with Crippen LogP contribution in [0.25, 0.3) is 0 Å². The normalized spacial score (nSPS) is 14.9. The van der Waals surface area contributed by atoms with Crippen molar-refractivity contribution in [1.29, 1.82) is 0 Å². The summed E-state index contributed by atoms with van der Waals surface area (Å²) in [5.41, 5.74) is 0. The number of hydrogen-bond donors (Lipinski definition) is 1.